The number of carbonyl (C=O) groups is 2. The summed E-state index contributed by atoms with van der Waals surface area (Å²) >= 11 is 5.88. The molecule has 0 fully saturated rings. The summed E-state index contributed by atoms with van der Waals surface area (Å²) in [5.74, 6) is -1.48. The van der Waals surface area contributed by atoms with Crippen molar-refractivity contribution in [2.24, 2.45) is 5.14 Å². The van der Waals surface area contributed by atoms with Crippen molar-refractivity contribution in [2.45, 2.75) is 10.9 Å². The fraction of sp³-hybridized carbons (Fsp3) is 0.0476. The highest BCUT2D eigenvalue weighted by molar-refractivity contribution is 7.89. The molecule has 0 saturated heterocycles. The number of anilines is 2. The molecule has 1 aliphatic heterocycles. The van der Waals surface area contributed by atoms with Gasteiger partial charge in [-0.25, -0.2) is 13.6 Å². The number of nitrogens with two attached hydrogens (primary N) is 1. The van der Waals surface area contributed by atoms with Gasteiger partial charge in [0.05, 0.1) is 21.2 Å². The Kier molecular flexibility index (Phi) is 5.62. The summed E-state index contributed by atoms with van der Waals surface area (Å²) in [7, 11) is -4.09. The Balaban J connectivity index is 1.95. The van der Waals surface area contributed by atoms with Crippen LogP contribution >= 0.6 is 11.6 Å². The second kappa shape index (κ2) is 8.28. The van der Waals surface area contributed by atoms with Gasteiger partial charge >= 0.3 is 0 Å². The van der Waals surface area contributed by atoms with Crippen molar-refractivity contribution in [3.63, 3.8) is 0 Å². The van der Waals surface area contributed by atoms with Gasteiger partial charge < -0.3 is 5.32 Å². The molecule has 4 rings (SSSR count). The molecule has 2 amide bonds. The molecule has 0 aromatic heterocycles. The van der Waals surface area contributed by atoms with Crippen LogP contribution in [0.25, 0.3) is 0 Å². The number of nitrogens with one attached hydrogen (secondary N) is 1. The number of primary sulfonamides is 1. The first-order valence-corrected chi connectivity index (χ1v) is 11.3. The highest BCUT2D eigenvalue weighted by Gasteiger charge is 2.40. The number of nitro groups is 1. The Labute approximate surface area is 192 Å². The first-order chi connectivity index (χ1) is 15.6. The van der Waals surface area contributed by atoms with Crippen LogP contribution in [-0.2, 0) is 14.8 Å². The molecule has 3 N–H and O–H groups in total. The normalized spacial score (nSPS) is 15.5. The highest BCUT2D eigenvalue weighted by atomic mass is 35.5. The van der Waals surface area contributed by atoms with E-state index in [0.29, 0.717) is 5.56 Å². The van der Waals surface area contributed by atoms with Crippen LogP contribution < -0.4 is 15.4 Å². The largest absolute Gasteiger partial charge is 0.322 e. The van der Waals surface area contributed by atoms with Crippen LogP contribution in [0.5, 0.6) is 0 Å². The molecule has 168 valence electrons. The molecule has 0 spiro atoms. The molecular formula is C21H15ClN4O6S. The lowest BCUT2D eigenvalue weighted by molar-refractivity contribution is -0.385. The van der Waals surface area contributed by atoms with E-state index in [0.717, 1.165) is 17.0 Å². The lowest BCUT2D eigenvalue weighted by atomic mass is 9.98. The minimum absolute atomic E-state index is 0.0173. The molecule has 1 atom stereocenters. The summed E-state index contributed by atoms with van der Waals surface area (Å²) in [5, 5.41) is 19.4. The van der Waals surface area contributed by atoms with Crippen molar-refractivity contribution in [2.75, 3.05) is 10.2 Å². The van der Waals surface area contributed by atoms with Crippen molar-refractivity contribution >= 4 is 50.5 Å². The molecule has 3 aromatic carbocycles. The molecule has 10 nitrogen and oxygen atoms in total. The van der Waals surface area contributed by atoms with Crippen molar-refractivity contribution < 1.29 is 22.9 Å². The zero-order valence-corrected chi connectivity index (χ0v) is 18.2. The molecule has 0 aliphatic carbocycles. The van der Waals surface area contributed by atoms with Crippen molar-refractivity contribution in [3.05, 3.63) is 93.0 Å². The number of hydrogen-bond donors (Lipinski definition) is 2. The lowest BCUT2D eigenvalue weighted by Gasteiger charge is -2.36. The van der Waals surface area contributed by atoms with E-state index in [1.54, 1.807) is 30.3 Å². The van der Waals surface area contributed by atoms with E-state index in [-0.39, 0.29) is 26.9 Å². The van der Waals surface area contributed by atoms with Gasteiger partial charge in [0.1, 0.15) is 11.6 Å². The summed E-state index contributed by atoms with van der Waals surface area (Å²) in [6, 6.07) is 14.4. The first-order valence-electron chi connectivity index (χ1n) is 9.38. The summed E-state index contributed by atoms with van der Waals surface area (Å²) in [6.07, 6.45) is 0. The minimum atomic E-state index is -4.09. The monoisotopic (exact) mass is 486 g/mol. The molecule has 0 saturated carbocycles. The summed E-state index contributed by atoms with van der Waals surface area (Å²) < 4.78 is 23.5. The van der Waals surface area contributed by atoms with Gasteiger partial charge in [-0.3, -0.25) is 24.6 Å². The van der Waals surface area contributed by atoms with Crippen molar-refractivity contribution in [1.82, 2.24) is 0 Å². The fourth-order valence-corrected chi connectivity index (χ4v) is 4.29. The third kappa shape index (κ3) is 4.16. The average Bonchev–Trinajstić information content (AvgIpc) is 2.77. The molecule has 33 heavy (non-hydrogen) atoms. The minimum Gasteiger partial charge on any atom is -0.322 e. The van der Waals surface area contributed by atoms with Crippen LogP contribution in [0.2, 0.25) is 5.02 Å². The first kappa shape index (κ1) is 22.4. The van der Waals surface area contributed by atoms with E-state index in [2.05, 4.69) is 5.32 Å². The number of nitrogens with zero attached hydrogens (tertiary/aromatic N) is 2. The van der Waals surface area contributed by atoms with Gasteiger partial charge in [-0.05, 0) is 35.9 Å². The van der Waals surface area contributed by atoms with Crippen LogP contribution in [0.15, 0.2) is 71.6 Å². The van der Waals surface area contributed by atoms with Crippen molar-refractivity contribution in [1.29, 1.82) is 0 Å². The number of carbonyl (C=O) groups excluding carboxylic acids is 2. The SMILES string of the molecule is NS(=O)(=O)c1ccc2c(c1)NC(=O)C(c1ccccc1)N2C(=O)c1ccc(Cl)cc1[N+](=O)[O-]. The Bertz CT molecular complexity index is 1410. The zero-order valence-electron chi connectivity index (χ0n) is 16.6. The van der Waals surface area contributed by atoms with Gasteiger partial charge in [0, 0.05) is 11.1 Å². The van der Waals surface area contributed by atoms with Crippen molar-refractivity contribution in [3.8, 4) is 0 Å². The van der Waals surface area contributed by atoms with Gasteiger partial charge in [-0.2, -0.15) is 0 Å². The van der Waals surface area contributed by atoms with Crippen LogP contribution in [0.1, 0.15) is 22.0 Å². The van der Waals surface area contributed by atoms with Crippen LogP contribution in [-0.4, -0.2) is 25.2 Å². The number of amides is 2. The molecule has 0 radical (unpaired) electrons. The van der Waals surface area contributed by atoms with Gasteiger partial charge in [-0.1, -0.05) is 41.9 Å². The number of fused-ring (bicyclic) bond motifs is 1. The predicted octanol–water partition coefficient (Wildman–Crippen LogP) is 3.24. The van der Waals surface area contributed by atoms with Gasteiger partial charge in [0.15, 0.2) is 0 Å². The number of rotatable bonds is 4. The third-order valence-corrected chi connectivity index (χ3v) is 6.19. The van der Waals surface area contributed by atoms with Gasteiger partial charge in [0.25, 0.3) is 17.5 Å². The highest BCUT2D eigenvalue weighted by Crippen LogP contribution is 2.41. The number of sulfonamides is 1. The lowest BCUT2D eigenvalue weighted by Crippen LogP contribution is -2.45. The van der Waals surface area contributed by atoms with E-state index in [1.165, 1.54) is 24.3 Å². The maximum Gasteiger partial charge on any atom is 0.283 e. The second-order valence-electron chi connectivity index (χ2n) is 7.12. The summed E-state index contributed by atoms with van der Waals surface area (Å²) in [5.41, 5.74) is -0.218. The van der Waals surface area contributed by atoms with E-state index < -0.39 is 38.5 Å². The molecule has 1 heterocycles. The Morgan fingerprint density at radius 2 is 1.79 bits per heavy atom. The number of halogens is 1. The molecule has 12 heteroatoms. The third-order valence-electron chi connectivity index (χ3n) is 5.04. The Morgan fingerprint density at radius 3 is 2.42 bits per heavy atom. The van der Waals surface area contributed by atoms with E-state index in [9.17, 15) is 28.1 Å². The van der Waals surface area contributed by atoms with E-state index in [1.807, 2.05) is 0 Å². The van der Waals surface area contributed by atoms with E-state index >= 15 is 0 Å². The molecule has 3 aromatic rings. The summed E-state index contributed by atoms with van der Waals surface area (Å²) in [4.78, 5) is 38.4. The molecule has 0 bridgehead atoms. The van der Waals surface area contributed by atoms with Gasteiger partial charge in [0.2, 0.25) is 10.0 Å². The predicted molar refractivity (Wildman–Crippen MR) is 121 cm³/mol. The Hall–Kier alpha value is -3.80. The summed E-state index contributed by atoms with van der Waals surface area (Å²) in [6.45, 7) is 0. The van der Waals surface area contributed by atoms with Crippen LogP contribution in [0.3, 0.4) is 0 Å². The van der Waals surface area contributed by atoms with Crippen LogP contribution in [0, 0.1) is 10.1 Å². The second-order valence-corrected chi connectivity index (χ2v) is 9.12. The molecule has 1 unspecified atom stereocenters. The molecule has 1 aliphatic rings. The quantitative estimate of drug-likeness (QED) is 0.426. The van der Waals surface area contributed by atoms with Gasteiger partial charge in [-0.15, -0.1) is 0 Å². The number of benzene rings is 3. The molecular weight excluding hydrogens is 472 g/mol. The number of hydrogen-bond acceptors (Lipinski definition) is 6. The van der Waals surface area contributed by atoms with E-state index in [4.69, 9.17) is 16.7 Å². The Morgan fingerprint density at radius 1 is 1.09 bits per heavy atom. The standard InChI is InChI=1S/C21H15ClN4O6S/c22-13-6-8-15(18(10-13)26(29)30)21(28)25-17-9-7-14(33(23,31)32)11-16(17)24-20(27)19(25)12-4-2-1-3-5-12/h1-11,19H,(H,24,27)(H2,23,31,32). The fourth-order valence-electron chi connectivity index (χ4n) is 3.59. The average molecular weight is 487 g/mol. The number of nitro benzene ring substituents is 1. The zero-order chi connectivity index (χ0) is 23.9. The smallest absolute Gasteiger partial charge is 0.283 e. The van der Waals surface area contributed by atoms with Crippen LogP contribution in [0.4, 0.5) is 17.1 Å². The topological polar surface area (TPSA) is 153 Å². The maximum absolute atomic E-state index is 13.7. The maximum atomic E-state index is 13.7.